The summed E-state index contributed by atoms with van der Waals surface area (Å²) < 4.78 is 6.32. The molecule has 1 amide bonds. The Kier molecular flexibility index (Phi) is 5.92. The molecule has 4 heteroatoms. The quantitative estimate of drug-likeness (QED) is 0.875. The van der Waals surface area contributed by atoms with Crippen LogP contribution in [0.1, 0.15) is 24.2 Å². The van der Waals surface area contributed by atoms with Gasteiger partial charge in [0.25, 0.3) is 5.91 Å². The van der Waals surface area contributed by atoms with Crippen LogP contribution in [0, 0.1) is 5.92 Å². The van der Waals surface area contributed by atoms with Crippen LogP contribution >= 0.6 is 15.9 Å². The van der Waals surface area contributed by atoms with Crippen molar-refractivity contribution >= 4 is 21.8 Å². The van der Waals surface area contributed by atoms with Crippen LogP contribution in [0.3, 0.4) is 0 Å². The molecule has 0 fully saturated rings. The predicted octanol–water partition coefficient (Wildman–Crippen LogP) is 3.36. The number of ether oxygens (including phenoxy) is 1. The number of carbonyl (C=O) groups is 1. The van der Waals surface area contributed by atoms with Crippen LogP contribution in [0.25, 0.3) is 0 Å². The van der Waals surface area contributed by atoms with E-state index in [2.05, 4.69) is 41.7 Å². The van der Waals surface area contributed by atoms with Crippen molar-refractivity contribution in [3.8, 4) is 5.75 Å². The third kappa shape index (κ3) is 5.36. The van der Waals surface area contributed by atoms with E-state index in [1.165, 1.54) is 0 Å². The minimum Gasteiger partial charge on any atom is -0.493 e. The van der Waals surface area contributed by atoms with Crippen LogP contribution < -0.4 is 10.1 Å². The maximum Gasteiger partial charge on any atom is 0.251 e. The number of hydrogen-bond donors (Lipinski definition) is 1. The van der Waals surface area contributed by atoms with Crippen molar-refractivity contribution in [2.75, 3.05) is 13.2 Å². The van der Waals surface area contributed by atoms with E-state index in [4.69, 9.17) is 4.74 Å². The van der Waals surface area contributed by atoms with Gasteiger partial charge < -0.3 is 10.1 Å². The fourth-order valence-electron chi connectivity index (χ4n) is 1.27. The lowest BCUT2D eigenvalue weighted by molar-refractivity contribution is 0.0957. The summed E-state index contributed by atoms with van der Waals surface area (Å²) >= 11 is 3.20. The SMILES string of the molecule is C=C(Br)CNC(=O)c1cccc(OCC(C)C)c1. The fourth-order valence-corrected chi connectivity index (χ4v) is 1.41. The lowest BCUT2D eigenvalue weighted by Gasteiger charge is -2.10. The van der Waals surface area contributed by atoms with Crippen LogP contribution in [-0.2, 0) is 0 Å². The molecule has 0 saturated heterocycles. The van der Waals surface area contributed by atoms with Gasteiger partial charge in [-0.15, -0.1) is 0 Å². The molecule has 1 aromatic rings. The highest BCUT2D eigenvalue weighted by Gasteiger charge is 2.06. The summed E-state index contributed by atoms with van der Waals surface area (Å²) in [4.78, 5) is 11.8. The van der Waals surface area contributed by atoms with Crippen molar-refractivity contribution in [1.82, 2.24) is 5.32 Å². The molecule has 3 nitrogen and oxygen atoms in total. The van der Waals surface area contributed by atoms with Crippen molar-refractivity contribution in [3.63, 3.8) is 0 Å². The largest absolute Gasteiger partial charge is 0.493 e. The smallest absolute Gasteiger partial charge is 0.251 e. The van der Waals surface area contributed by atoms with E-state index >= 15 is 0 Å². The highest BCUT2D eigenvalue weighted by molar-refractivity contribution is 9.11. The van der Waals surface area contributed by atoms with Crippen molar-refractivity contribution in [3.05, 3.63) is 40.9 Å². The van der Waals surface area contributed by atoms with Gasteiger partial charge in [-0.1, -0.05) is 42.4 Å². The number of benzene rings is 1. The van der Waals surface area contributed by atoms with E-state index in [1.807, 2.05) is 12.1 Å². The molecule has 0 spiro atoms. The Bertz CT molecular complexity index is 430. The van der Waals surface area contributed by atoms with Gasteiger partial charge in [0.1, 0.15) is 5.75 Å². The van der Waals surface area contributed by atoms with Gasteiger partial charge in [-0.05, 0) is 24.1 Å². The summed E-state index contributed by atoms with van der Waals surface area (Å²) in [6.45, 7) is 8.88. The van der Waals surface area contributed by atoms with Gasteiger partial charge in [0.15, 0.2) is 0 Å². The highest BCUT2D eigenvalue weighted by Crippen LogP contribution is 2.14. The molecule has 0 aliphatic heterocycles. The number of nitrogens with one attached hydrogen (secondary N) is 1. The first-order valence-corrected chi connectivity index (χ1v) is 6.62. The fraction of sp³-hybridized carbons (Fsp3) is 0.357. The van der Waals surface area contributed by atoms with E-state index in [0.29, 0.717) is 30.4 Å². The zero-order valence-electron chi connectivity index (χ0n) is 10.7. The van der Waals surface area contributed by atoms with E-state index < -0.39 is 0 Å². The predicted molar refractivity (Wildman–Crippen MR) is 77.2 cm³/mol. The summed E-state index contributed by atoms with van der Waals surface area (Å²) in [5, 5.41) is 2.75. The van der Waals surface area contributed by atoms with Crippen LogP contribution in [0.2, 0.25) is 0 Å². The summed E-state index contributed by atoms with van der Waals surface area (Å²) in [5.74, 6) is 1.04. The van der Waals surface area contributed by atoms with Crippen molar-refractivity contribution in [1.29, 1.82) is 0 Å². The van der Waals surface area contributed by atoms with Gasteiger partial charge in [0.05, 0.1) is 6.61 Å². The van der Waals surface area contributed by atoms with Crippen LogP contribution in [-0.4, -0.2) is 19.1 Å². The van der Waals surface area contributed by atoms with E-state index in [-0.39, 0.29) is 5.91 Å². The van der Waals surface area contributed by atoms with Gasteiger partial charge in [-0.3, -0.25) is 4.79 Å². The van der Waals surface area contributed by atoms with Crippen molar-refractivity contribution in [2.45, 2.75) is 13.8 Å². The van der Waals surface area contributed by atoms with E-state index in [9.17, 15) is 4.79 Å². The molecule has 0 heterocycles. The zero-order chi connectivity index (χ0) is 13.5. The Morgan fingerprint density at radius 1 is 1.50 bits per heavy atom. The molecule has 1 rings (SSSR count). The molecule has 0 aliphatic carbocycles. The number of carbonyl (C=O) groups excluding carboxylic acids is 1. The van der Waals surface area contributed by atoms with Crippen LogP contribution in [0.15, 0.2) is 35.3 Å². The third-order valence-corrected chi connectivity index (χ3v) is 2.40. The molecule has 98 valence electrons. The lowest BCUT2D eigenvalue weighted by atomic mass is 10.2. The normalized spacial score (nSPS) is 10.2. The Morgan fingerprint density at radius 3 is 2.83 bits per heavy atom. The molecular formula is C14H18BrNO2. The molecule has 0 aromatic heterocycles. The molecule has 18 heavy (non-hydrogen) atoms. The third-order valence-electron chi connectivity index (χ3n) is 2.12. The van der Waals surface area contributed by atoms with E-state index in [0.717, 1.165) is 4.48 Å². The molecule has 0 radical (unpaired) electrons. The first-order chi connectivity index (χ1) is 8.49. The second kappa shape index (κ2) is 7.21. The number of amides is 1. The minimum absolute atomic E-state index is 0.134. The molecule has 0 bridgehead atoms. The Hall–Kier alpha value is -1.29. The van der Waals surface area contributed by atoms with Gasteiger partial charge in [-0.2, -0.15) is 0 Å². The minimum atomic E-state index is -0.134. The van der Waals surface area contributed by atoms with Gasteiger partial charge in [0, 0.05) is 16.6 Å². The van der Waals surface area contributed by atoms with Gasteiger partial charge >= 0.3 is 0 Å². The van der Waals surface area contributed by atoms with Crippen molar-refractivity contribution < 1.29 is 9.53 Å². The first kappa shape index (κ1) is 14.8. The monoisotopic (exact) mass is 311 g/mol. The summed E-state index contributed by atoms with van der Waals surface area (Å²) in [6, 6.07) is 7.17. The molecular weight excluding hydrogens is 294 g/mol. The number of rotatable bonds is 6. The molecule has 0 unspecified atom stereocenters. The lowest BCUT2D eigenvalue weighted by Crippen LogP contribution is -2.24. The molecule has 0 atom stereocenters. The zero-order valence-corrected chi connectivity index (χ0v) is 12.3. The van der Waals surface area contributed by atoms with Gasteiger partial charge in [-0.25, -0.2) is 0 Å². The maximum absolute atomic E-state index is 11.8. The van der Waals surface area contributed by atoms with Gasteiger partial charge in [0.2, 0.25) is 0 Å². The second-order valence-corrected chi connectivity index (χ2v) is 5.55. The van der Waals surface area contributed by atoms with E-state index in [1.54, 1.807) is 12.1 Å². The average molecular weight is 312 g/mol. The number of halogens is 1. The summed E-state index contributed by atoms with van der Waals surface area (Å²) in [6.07, 6.45) is 0. The Morgan fingerprint density at radius 2 is 2.22 bits per heavy atom. The number of hydrogen-bond acceptors (Lipinski definition) is 2. The first-order valence-electron chi connectivity index (χ1n) is 5.83. The Labute approximate surface area is 116 Å². The summed E-state index contributed by atoms with van der Waals surface area (Å²) in [5.41, 5.74) is 0.588. The highest BCUT2D eigenvalue weighted by atomic mass is 79.9. The standard InChI is InChI=1S/C14H18BrNO2/c1-10(2)9-18-13-6-4-5-12(7-13)14(17)16-8-11(3)15/h4-7,10H,3,8-9H2,1-2H3,(H,16,17). The second-order valence-electron chi connectivity index (χ2n) is 4.43. The van der Waals surface area contributed by atoms with Crippen LogP contribution in [0.4, 0.5) is 0 Å². The van der Waals surface area contributed by atoms with Crippen LogP contribution in [0.5, 0.6) is 5.75 Å². The average Bonchev–Trinajstić information content (AvgIpc) is 2.33. The molecule has 1 N–H and O–H groups in total. The topological polar surface area (TPSA) is 38.3 Å². The van der Waals surface area contributed by atoms with Crippen molar-refractivity contribution in [2.24, 2.45) is 5.92 Å². The molecule has 0 saturated carbocycles. The maximum atomic E-state index is 11.8. The Balaban J connectivity index is 2.63. The molecule has 1 aromatic carbocycles. The molecule has 0 aliphatic rings. The summed E-state index contributed by atoms with van der Waals surface area (Å²) in [7, 11) is 0.